The van der Waals surface area contributed by atoms with Gasteiger partial charge in [0.1, 0.15) is 11.6 Å². The van der Waals surface area contributed by atoms with E-state index in [1.165, 1.54) is 0 Å². The van der Waals surface area contributed by atoms with E-state index in [0.717, 1.165) is 0 Å². The molecule has 1 saturated carbocycles. The SMILES string of the molecule is CCOC(=O)CC1CC(=O)CC1=O. The third-order valence-corrected chi connectivity index (χ3v) is 2.02. The highest BCUT2D eigenvalue weighted by Gasteiger charge is 2.32. The van der Waals surface area contributed by atoms with Gasteiger partial charge in [-0.3, -0.25) is 14.4 Å². The maximum atomic E-state index is 11.1. The highest BCUT2D eigenvalue weighted by atomic mass is 16.5. The minimum atomic E-state index is -0.424. The summed E-state index contributed by atoms with van der Waals surface area (Å²) in [4.78, 5) is 32.9. The average Bonchev–Trinajstić information content (AvgIpc) is 2.30. The predicted molar refractivity (Wildman–Crippen MR) is 44.0 cm³/mol. The van der Waals surface area contributed by atoms with E-state index in [0.29, 0.717) is 6.61 Å². The molecular formula is C9H12O4. The molecule has 72 valence electrons. The maximum Gasteiger partial charge on any atom is 0.306 e. The zero-order chi connectivity index (χ0) is 9.84. The van der Waals surface area contributed by atoms with Crippen LogP contribution in [0, 0.1) is 5.92 Å². The molecular weight excluding hydrogens is 172 g/mol. The molecule has 0 aromatic heterocycles. The molecule has 1 rings (SSSR count). The molecule has 0 saturated heterocycles. The van der Waals surface area contributed by atoms with Gasteiger partial charge in [-0.05, 0) is 6.92 Å². The number of carbonyl (C=O) groups is 3. The Morgan fingerprint density at radius 3 is 2.69 bits per heavy atom. The molecule has 0 aromatic carbocycles. The van der Waals surface area contributed by atoms with Gasteiger partial charge < -0.3 is 4.74 Å². The molecule has 0 heterocycles. The first kappa shape index (κ1) is 9.89. The van der Waals surface area contributed by atoms with Gasteiger partial charge in [0.25, 0.3) is 0 Å². The van der Waals surface area contributed by atoms with Crippen LogP contribution in [-0.2, 0) is 19.1 Å². The van der Waals surface area contributed by atoms with Crippen molar-refractivity contribution >= 4 is 17.5 Å². The lowest BCUT2D eigenvalue weighted by Crippen LogP contribution is -2.14. The molecule has 13 heavy (non-hydrogen) atoms. The Morgan fingerprint density at radius 1 is 1.54 bits per heavy atom. The van der Waals surface area contributed by atoms with Crippen molar-refractivity contribution in [2.24, 2.45) is 5.92 Å². The summed E-state index contributed by atoms with van der Waals surface area (Å²) in [6.45, 7) is 2.02. The summed E-state index contributed by atoms with van der Waals surface area (Å²) in [7, 11) is 0. The van der Waals surface area contributed by atoms with Crippen LogP contribution in [0.4, 0.5) is 0 Å². The highest BCUT2D eigenvalue weighted by Crippen LogP contribution is 2.21. The van der Waals surface area contributed by atoms with Gasteiger partial charge in [0, 0.05) is 12.3 Å². The van der Waals surface area contributed by atoms with Crippen LogP contribution >= 0.6 is 0 Å². The van der Waals surface area contributed by atoms with E-state index in [9.17, 15) is 14.4 Å². The van der Waals surface area contributed by atoms with E-state index in [-0.39, 0.29) is 30.8 Å². The first-order valence-electron chi connectivity index (χ1n) is 4.33. The second kappa shape index (κ2) is 4.16. The van der Waals surface area contributed by atoms with Crippen LogP contribution in [0.5, 0.6) is 0 Å². The molecule has 0 radical (unpaired) electrons. The van der Waals surface area contributed by atoms with Gasteiger partial charge >= 0.3 is 5.97 Å². The Hall–Kier alpha value is -1.19. The van der Waals surface area contributed by atoms with Crippen LogP contribution in [0.25, 0.3) is 0 Å². The van der Waals surface area contributed by atoms with E-state index in [2.05, 4.69) is 4.74 Å². The van der Waals surface area contributed by atoms with Gasteiger partial charge in [-0.1, -0.05) is 0 Å². The van der Waals surface area contributed by atoms with Crippen molar-refractivity contribution in [1.29, 1.82) is 0 Å². The monoisotopic (exact) mass is 184 g/mol. The number of Topliss-reactive ketones (excluding diaryl/α,β-unsaturated/α-hetero) is 2. The molecule has 0 N–H and O–H groups in total. The van der Waals surface area contributed by atoms with Crippen molar-refractivity contribution in [3.05, 3.63) is 0 Å². The van der Waals surface area contributed by atoms with Gasteiger partial charge in [0.15, 0.2) is 0 Å². The lowest BCUT2D eigenvalue weighted by molar-refractivity contribution is -0.145. The van der Waals surface area contributed by atoms with Gasteiger partial charge in [0.2, 0.25) is 0 Å². The van der Waals surface area contributed by atoms with Crippen LogP contribution in [0.3, 0.4) is 0 Å². The third kappa shape index (κ3) is 2.65. The van der Waals surface area contributed by atoms with Gasteiger partial charge in [-0.15, -0.1) is 0 Å². The quantitative estimate of drug-likeness (QED) is 0.473. The van der Waals surface area contributed by atoms with E-state index < -0.39 is 11.9 Å². The van der Waals surface area contributed by atoms with Crippen molar-refractivity contribution in [2.75, 3.05) is 6.61 Å². The second-order valence-electron chi connectivity index (χ2n) is 3.09. The van der Waals surface area contributed by atoms with Crippen LogP contribution in [0.2, 0.25) is 0 Å². The normalized spacial score (nSPS) is 22.1. The molecule has 0 spiro atoms. The number of esters is 1. The number of ketones is 2. The fourth-order valence-electron chi connectivity index (χ4n) is 1.41. The summed E-state index contributed by atoms with van der Waals surface area (Å²) in [6.07, 6.45) is 0.250. The summed E-state index contributed by atoms with van der Waals surface area (Å²) in [5.41, 5.74) is 0. The average molecular weight is 184 g/mol. The Balaban J connectivity index is 2.41. The van der Waals surface area contributed by atoms with Gasteiger partial charge in [-0.25, -0.2) is 0 Å². The molecule has 1 fully saturated rings. The minimum Gasteiger partial charge on any atom is -0.466 e. The van der Waals surface area contributed by atoms with Crippen LogP contribution < -0.4 is 0 Å². The molecule has 4 heteroatoms. The van der Waals surface area contributed by atoms with E-state index in [1.807, 2.05) is 0 Å². The van der Waals surface area contributed by atoms with Crippen LogP contribution in [0.1, 0.15) is 26.2 Å². The van der Waals surface area contributed by atoms with E-state index in [4.69, 9.17) is 0 Å². The highest BCUT2D eigenvalue weighted by molar-refractivity contribution is 6.07. The Bertz CT molecular complexity index is 244. The summed E-state index contributed by atoms with van der Waals surface area (Å²) in [5, 5.41) is 0. The molecule has 4 nitrogen and oxygen atoms in total. The number of carbonyl (C=O) groups excluding carboxylic acids is 3. The summed E-state index contributed by atoms with van der Waals surface area (Å²) in [6, 6.07) is 0. The number of hydrogen-bond acceptors (Lipinski definition) is 4. The van der Waals surface area contributed by atoms with E-state index >= 15 is 0 Å². The smallest absolute Gasteiger partial charge is 0.306 e. The number of rotatable bonds is 3. The molecule has 1 aliphatic rings. The van der Waals surface area contributed by atoms with Crippen molar-refractivity contribution < 1.29 is 19.1 Å². The largest absolute Gasteiger partial charge is 0.466 e. The molecule has 0 aromatic rings. The molecule has 1 unspecified atom stereocenters. The zero-order valence-corrected chi connectivity index (χ0v) is 7.54. The number of ether oxygens (including phenoxy) is 1. The Morgan fingerprint density at radius 2 is 2.23 bits per heavy atom. The van der Waals surface area contributed by atoms with Crippen molar-refractivity contribution in [3.63, 3.8) is 0 Å². The van der Waals surface area contributed by atoms with E-state index in [1.54, 1.807) is 6.92 Å². The van der Waals surface area contributed by atoms with Crippen molar-refractivity contribution in [3.8, 4) is 0 Å². The lowest BCUT2D eigenvalue weighted by atomic mass is 10.0. The maximum absolute atomic E-state index is 11.1. The van der Waals surface area contributed by atoms with Crippen LogP contribution in [0.15, 0.2) is 0 Å². The minimum absolute atomic E-state index is 0.00985. The molecule has 0 aliphatic heterocycles. The first-order chi connectivity index (χ1) is 6.13. The molecule has 0 amide bonds. The molecule has 1 aliphatic carbocycles. The fraction of sp³-hybridized carbons (Fsp3) is 0.667. The first-order valence-corrected chi connectivity index (χ1v) is 4.33. The van der Waals surface area contributed by atoms with Gasteiger partial charge in [-0.2, -0.15) is 0 Å². The lowest BCUT2D eigenvalue weighted by Gasteiger charge is -2.05. The standard InChI is InChI=1S/C9H12O4/c1-2-13-9(12)4-6-3-7(10)5-8(6)11/h6H,2-5H2,1H3. The Labute approximate surface area is 76.3 Å². The third-order valence-electron chi connectivity index (χ3n) is 2.02. The molecule has 0 bridgehead atoms. The second-order valence-corrected chi connectivity index (χ2v) is 3.09. The Kier molecular flexibility index (Phi) is 3.17. The molecule has 1 atom stereocenters. The van der Waals surface area contributed by atoms with Crippen LogP contribution in [-0.4, -0.2) is 24.1 Å². The summed E-state index contributed by atoms with van der Waals surface area (Å²) >= 11 is 0. The van der Waals surface area contributed by atoms with Gasteiger partial charge in [0.05, 0.1) is 19.4 Å². The van der Waals surface area contributed by atoms with Crippen molar-refractivity contribution in [2.45, 2.75) is 26.2 Å². The van der Waals surface area contributed by atoms with Crippen molar-refractivity contribution in [1.82, 2.24) is 0 Å². The number of hydrogen-bond donors (Lipinski definition) is 0. The summed E-state index contributed by atoms with van der Waals surface area (Å²) in [5.74, 6) is -1.01. The fourth-order valence-corrected chi connectivity index (χ4v) is 1.41. The zero-order valence-electron chi connectivity index (χ0n) is 7.54. The summed E-state index contributed by atoms with van der Waals surface area (Å²) < 4.78 is 4.68. The topological polar surface area (TPSA) is 60.4 Å². The predicted octanol–water partition coefficient (Wildman–Crippen LogP) is 0.488.